The minimum absolute atomic E-state index is 0.0320. The Morgan fingerprint density at radius 2 is 1.80 bits per heavy atom. The van der Waals surface area contributed by atoms with E-state index in [4.69, 9.17) is 14.7 Å². The van der Waals surface area contributed by atoms with Crippen LogP contribution in [-0.4, -0.2) is 27.0 Å². The Labute approximate surface area is 144 Å². The molecule has 8 nitrogen and oxygen atoms in total. The number of hydrogen-bond donors (Lipinski definition) is 2. The number of nitrogens with one attached hydrogen (secondary N) is 2. The second-order valence-electron chi connectivity index (χ2n) is 5.07. The Bertz CT molecular complexity index is 952. The van der Waals surface area contributed by atoms with Crippen LogP contribution in [0.15, 0.2) is 53.4 Å². The number of hydrazine groups is 1. The number of hydrogen-bond acceptors (Lipinski definition) is 6. The fourth-order valence-electron chi connectivity index (χ4n) is 2.20. The number of para-hydroxylation sites is 2. The Morgan fingerprint density at radius 1 is 1.12 bits per heavy atom. The van der Waals surface area contributed by atoms with Crippen LogP contribution in [0.4, 0.5) is 0 Å². The van der Waals surface area contributed by atoms with Gasteiger partial charge < -0.3 is 9.47 Å². The monoisotopic (exact) mass is 359 g/mol. The maximum Gasteiger partial charge on any atom is 0.279 e. The maximum atomic E-state index is 12.2. The SMILES string of the molecule is N#Cc1ccccc1S(=O)(=O)NNC(=O)[C@@H]1COc2ccccc2O1. The molecule has 3 rings (SSSR count). The van der Waals surface area contributed by atoms with Gasteiger partial charge >= 0.3 is 0 Å². The lowest BCUT2D eigenvalue weighted by atomic mass is 10.2. The predicted molar refractivity (Wildman–Crippen MR) is 86.0 cm³/mol. The summed E-state index contributed by atoms with van der Waals surface area (Å²) < 4.78 is 35.4. The highest BCUT2D eigenvalue weighted by atomic mass is 32.2. The van der Waals surface area contributed by atoms with Gasteiger partial charge in [-0.2, -0.15) is 5.26 Å². The second kappa shape index (κ2) is 6.80. The largest absolute Gasteiger partial charge is 0.485 e. The van der Waals surface area contributed by atoms with Gasteiger partial charge in [-0.1, -0.05) is 24.3 Å². The van der Waals surface area contributed by atoms with Crippen LogP contribution < -0.4 is 19.7 Å². The molecule has 2 aromatic rings. The van der Waals surface area contributed by atoms with Gasteiger partial charge in [0.2, 0.25) is 6.10 Å². The molecule has 0 unspecified atom stereocenters. The Kier molecular flexibility index (Phi) is 4.56. The molecule has 2 N–H and O–H groups in total. The Morgan fingerprint density at radius 3 is 2.56 bits per heavy atom. The molecule has 1 amide bonds. The van der Waals surface area contributed by atoms with E-state index in [0.29, 0.717) is 11.5 Å². The van der Waals surface area contributed by atoms with E-state index in [0.717, 1.165) is 0 Å². The van der Waals surface area contributed by atoms with Crippen LogP contribution in [0.3, 0.4) is 0 Å². The van der Waals surface area contributed by atoms with Crippen molar-refractivity contribution in [3.8, 4) is 17.6 Å². The topological polar surface area (TPSA) is 118 Å². The second-order valence-corrected chi connectivity index (χ2v) is 6.72. The Balaban J connectivity index is 1.68. The zero-order chi connectivity index (χ0) is 17.9. The highest BCUT2D eigenvalue weighted by molar-refractivity contribution is 7.89. The van der Waals surface area contributed by atoms with Gasteiger partial charge in [0, 0.05) is 0 Å². The molecule has 0 spiro atoms. The van der Waals surface area contributed by atoms with E-state index in [1.54, 1.807) is 36.4 Å². The van der Waals surface area contributed by atoms with Gasteiger partial charge in [-0.15, -0.1) is 4.83 Å². The number of fused-ring (bicyclic) bond motifs is 1. The standard InChI is InChI=1S/C16H13N3O5S/c17-9-11-5-1-4-8-15(11)25(21,22)19-18-16(20)14-10-23-12-6-2-3-7-13(12)24-14/h1-8,14,19H,10H2,(H,18,20)/t14-/m0/s1. The minimum atomic E-state index is -4.10. The highest BCUT2D eigenvalue weighted by Gasteiger charge is 2.28. The van der Waals surface area contributed by atoms with Crippen LogP contribution in [0.25, 0.3) is 0 Å². The maximum absolute atomic E-state index is 12.2. The first-order chi connectivity index (χ1) is 12.0. The molecular weight excluding hydrogens is 346 g/mol. The summed E-state index contributed by atoms with van der Waals surface area (Å²) in [5.41, 5.74) is 2.05. The molecular formula is C16H13N3O5S. The third kappa shape index (κ3) is 3.55. The molecule has 1 heterocycles. The summed E-state index contributed by atoms with van der Waals surface area (Å²) >= 11 is 0. The molecule has 0 fully saturated rings. The summed E-state index contributed by atoms with van der Waals surface area (Å²) in [5, 5.41) is 8.99. The van der Waals surface area contributed by atoms with Gasteiger partial charge in [0.1, 0.15) is 17.6 Å². The van der Waals surface area contributed by atoms with Crippen molar-refractivity contribution in [3.63, 3.8) is 0 Å². The number of sulfonamides is 1. The van der Waals surface area contributed by atoms with Crippen molar-refractivity contribution in [2.24, 2.45) is 0 Å². The van der Waals surface area contributed by atoms with Gasteiger partial charge in [0.05, 0.1) is 5.56 Å². The Hall–Kier alpha value is -3.09. The van der Waals surface area contributed by atoms with Crippen molar-refractivity contribution in [3.05, 3.63) is 54.1 Å². The normalized spacial score (nSPS) is 15.9. The van der Waals surface area contributed by atoms with Crippen molar-refractivity contribution in [2.45, 2.75) is 11.0 Å². The lowest BCUT2D eigenvalue weighted by Crippen LogP contribution is -2.50. The molecule has 0 aromatic heterocycles. The fraction of sp³-hybridized carbons (Fsp3) is 0.125. The van der Waals surface area contributed by atoms with Crippen LogP contribution in [0.5, 0.6) is 11.5 Å². The minimum Gasteiger partial charge on any atom is -0.485 e. The smallest absolute Gasteiger partial charge is 0.279 e. The zero-order valence-corrected chi connectivity index (χ0v) is 13.6. The van der Waals surface area contributed by atoms with Gasteiger partial charge in [0.15, 0.2) is 11.5 Å². The van der Waals surface area contributed by atoms with Gasteiger partial charge in [-0.3, -0.25) is 10.2 Å². The van der Waals surface area contributed by atoms with E-state index in [-0.39, 0.29) is 17.1 Å². The molecule has 9 heteroatoms. The number of nitriles is 1. The van der Waals surface area contributed by atoms with Crippen molar-refractivity contribution in [2.75, 3.05) is 6.61 Å². The van der Waals surface area contributed by atoms with Crippen molar-refractivity contribution in [1.29, 1.82) is 5.26 Å². The first-order valence-electron chi connectivity index (χ1n) is 7.20. The molecule has 1 atom stereocenters. The number of amides is 1. The van der Waals surface area contributed by atoms with Crippen LogP contribution in [0, 0.1) is 11.3 Å². The number of carbonyl (C=O) groups excluding carboxylic acids is 1. The molecule has 128 valence electrons. The van der Waals surface area contributed by atoms with E-state index < -0.39 is 22.0 Å². The molecule has 1 aliphatic rings. The average molecular weight is 359 g/mol. The van der Waals surface area contributed by atoms with Crippen molar-refractivity contribution >= 4 is 15.9 Å². The first kappa shape index (κ1) is 16.8. The predicted octanol–water partition coefficient (Wildman–Crippen LogP) is 0.708. The van der Waals surface area contributed by atoms with Crippen molar-refractivity contribution in [1.82, 2.24) is 10.3 Å². The van der Waals surface area contributed by atoms with E-state index in [1.807, 2.05) is 4.83 Å². The molecule has 0 saturated heterocycles. The third-order valence-corrected chi connectivity index (χ3v) is 4.71. The summed E-state index contributed by atoms with van der Waals surface area (Å²) in [6.07, 6.45) is -1.01. The molecule has 0 saturated carbocycles. The van der Waals surface area contributed by atoms with Gasteiger partial charge in [0.25, 0.3) is 15.9 Å². The molecule has 1 aliphatic heterocycles. The van der Waals surface area contributed by atoms with Crippen LogP contribution in [-0.2, 0) is 14.8 Å². The van der Waals surface area contributed by atoms with Crippen molar-refractivity contribution < 1.29 is 22.7 Å². The fourth-order valence-corrected chi connectivity index (χ4v) is 3.20. The third-order valence-electron chi connectivity index (χ3n) is 3.41. The van der Waals surface area contributed by atoms with E-state index in [1.165, 1.54) is 18.2 Å². The quantitative estimate of drug-likeness (QED) is 0.776. The van der Waals surface area contributed by atoms with Gasteiger partial charge in [-0.25, -0.2) is 8.42 Å². The lowest BCUT2D eigenvalue weighted by molar-refractivity contribution is -0.130. The number of carbonyl (C=O) groups is 1. The number of benzene rings is 2. The lowest BCUT2D eigenvalue weighted by Gasteiger charge is -2.25. The molecule has 0 radical (unpaired) electrons. The summed E-state index contributed by atoms with van der Waals surface area (Å²) in [6.45, 7) is -0.0562. The number of ether oxygens (including phenoxy) is 2. The van der Waals surface area contributed by atoms with Gasteiger partial charge in [-0.05, 0) is 24.3 Å². The average Bonchev–Trinajstić information content (AvgIpc) is 2.65. The summed E-state index contributed by atoms with van der Waals surface area (Å²) in [7, 11) is -4.10. The zero-order valence-electron chi connectivity index (χ0n) is 12.8. The molecule has 0 aliphatic carbocycles. The highest BCUT2D eigenvalue weighted by Crippen LogP contribution is 2.30. The van der Waals surface area contributed by atoms with E-state index in [2.05, 4.69) is 5.43 Å². The molecule has 0 bridgehead atoms. The number of rotatable bonds is 4. The molecule has 25 heavy (non-hydrogen) atoms. The summed E-state index contributed by atoms with van der Waals surface area (Å²) in [5.74, 6) is 0.189. The van der Waals surface area contributed by atoms with Crippen LogP contribution in [0.2, 0.25) is 0 Å². The van der Waals surface area contributed by atoms with Crippen LogP contribution >= 0.6 is 0 Å². The summed E-state index contributed by atoms with van der Waals surface area (Å²) in [6, 6.07) is 14.3. The van der Waals surface area contributed by atoms with E-state index in [9.17, 15) is 13.2 Å². The van der Waals surface area contributed by atoms with Crippen LogP contribution in [0.1, 0.15) is 5.56 Å². The first-order valence-corrected chi connectivity index (χ1v) is 8.69. The number of nitrogens with zero attached hydrogens (tertiary/aromatic N) is 1. The van der Waals surface area contributed by atoms with E-state index >= 15 is 0 Å². The molecule has 2 aromatic carbocycles. The summed E-state index contributed by atoms with van der Waals surface area (Å²) in [4.78, 5) is 13.9.